The molecule has 1 aliphatic carbocycles. The van der Waals surface area contributed by atoms with Crippen LogP contribution in [0.25, 0.3) is 0 Å². The van der Waals surface area contributed by atoms with Crippen molar-refractivity contribution in [1.29, 1.82) is 0 Å². The van der Waals surface area contributed by atoms with Gasteiger partial charge in [-0.15, -0.1) is 0 Å². The molecule has 0 aromatic heterocycles. The van der Waals surface area contributed by atoms with E-state index in [1.54, 1.807) is 43.3 Å². The molecule has 0 spiro atoms. The van der Waals surface area contributed by atoms with Crippen molar-refractivity contribution in [2.24, 2.45) is 0 Å². The summed E-state index contributed by atoms with van der Waals surface area (Å²) in [5, 5.41) is 4.42. The van der Waals surface area contributed by atoms with Crippen LogP contribution in [-0.2, 0) is 26.2 Å². The molecule has 1 N–H and O–H groups in total. The first kappa shape index (κ1) is 31.4. The molecule has 41 heavy (non-hydrogen) atoms. The second-order valence-electron chi connectivity index (χ2n) is 9.87. The normalized spacial score (nSPS) is 14.5. The number of anilines is 1. The largest absolute Gasteiger partial charge is 0.352 e. The van der Waals surface area contributed by atoms with Crippen LogP contribution < -0.4 is 9.62 Å². The van der Waals surface area contributed by atoms with Gasteiger partial charge in [0.25, 0.3) is 10.0 Å². The molecule has 1 aliphatic rings. The van der Waals surface area contributed by atoms with Crippen molar-refractivity contribution >= 4 is 73.9 Å². The summed E-state index contributed by atoms with van der Waals surface area (Å²) in [6.07, 6.45) is 3.80. The summed E-state index contributed by atoms with van der Waals surface area (Å²) in [7, 11) is -4.24. The van der Waals surface area contributed by atoms with Crippen molar-refractivity contribution in [1.82, 2.24) is 10.2 Å². The van der Waals surface area contributed by atoms with E-state index in [4.69, 9.17) is 46.4 Å². The number of carbonyl (C=O) groups is 2. The summed E-state index contributed by atoms with van der Waals surface area (Å²) in [5.41, 5.74) is 0.744. The molecule has 1 atom stereocenters. The van der Waals surface area contributed by atoms with Gasteiger partial charge in [-0.1, -0.05) is 71.4 Å². The Morgan fingerprint density at radius 2 is 1.54 bits per heavy atom. The Balaban J connectivity index is 1.70. The second kappa shape index (κ2) is 13.7. The summed E-state index contributed by atoms with van der Waals surface area (Å²) >= 11 is 24.7. The third-order valence-electron chi connectivity index (χ3n) is 7.00. The van der Waals surface area contributed by atoms with Gasteiger partial charge < -0.3 is 10.2 Å². The number of rotatable bonds is 10. The van der Waals surface area contributed by atoms with Crippen LogP contribution in [0.5, 0.6) is 0 Å². The van der Waals surface area contributed by atoms with Crippen LogP contribution in [0.3, 0.4) is 0 Å². The molecular weight excluding hydrogens is 628 g/mol. The topological polar surface area (TPSA) is 86.8 Å². The number of hydrogen-bond donors (Lipinski definition) is 1. The molecule has 0 aliphatic heterocycles. The Hall–Kier alpha value is -2.49. The van der Waals surface area contributed by atoms with Gasteiger partial charge in [-0.05, 0) is 79.9 Å². The summed E-state index contributed by atoms with van der Waals surface area (Å²) in [4.78, 5) is 28.6. The summed E-state index contributed by atoms with van der Waals surface area (Å²) in [6, 6.07) is 15.8. The maximum atomic E-state index is 14.0. The maximum absolute atomic E-state index is 14.0. The van der Waals surface area contributed by atoms with E-state index < -0.39 is 28.5 Å². The number of benzene rings is 3. The highest BCUT2D eigenvalue weighted by Gasteiger charge is 2.33. The average molecular weight is 657 g/mol. The first-order chi connectivity index (χ1) is 19.5. The Labute approximate surface area is 260 Å². The number of carbonyl (C=O) groups excluding carboxylic acids is 2. The average Bonchev–Trinajstić information content (AvgIpc) is 3.44. The van der Waals surface area contributed by atoms with Crippen molar-refractivity contribution < 1.29 is 18.0 Å². The molecule has 12 heteroatoms. The third kappa shape index (κ3) is 7.87. The first-order valence-corrected chi connectivity index (χ1v) is 16.0. The van der Waals surface area contributed by atoms with E-state index in [2.05, 4.69) is 5.32 Å². The van der Waals surface area contributed by atoms with Crippen LogP contribution in [0.1, 0.15) is 38.2 Å². The van der Waals surface area contributed by atoms with E-state index in [-0.39, 0.29) is 29.1 Å². The molecule has 2 amide bonds. The van der Waals surface area contributed by atoms with E-state index in [0.29, 0.717) is 25.7 Å². The van der Waals surface area contributed by atoms with E-state index in [1.165, 1.54) is 35.2 Å². The van der Waals surface area contributed by atoms with Crippen LogP contribution >= 0.6 is 46.4 Å². The number of halogens is 4. The number of amides is 2. The highest BCUT2D eigenvalue weighted by molar-refractivity contribution is 7.92. The lowest BCUT2D eigenvalue weighted by Crippen LogP contribution is -2.52. The molecule has 218 valence electrons. The SMILES string of the molecule is C[C@H](C(=O)NC1CCCC1)N(Cc1ccc(Cl)cc1Cl)C(=O)CN(c1cccc(Cl)c1)S(=O)(=O)c1ccc(Cl)cc1. The van der Waals surface area contributed by atoms with Gasteiger partial charge >= 0.3 is 0 Å². The summed E-state index contributed by atoms with van der Waals surface area (Å²) in [6.45, 7) is 0.972. The summed E-state index contributed by atoms with van der Waals surface area (Å²) in [5.74, 6) is -0.937. The van der Waals surface area contributed by atoms with Gasteiger partial charge in [0.2, 0.25) is 11.8 Å². The van der Waals surface area contributed by atoms with Crippen LogP contribution in [0.15, 0.2) is 71.6 Å². The smallest absolute Gasteiger partial charge is 0.264 e. The highest BCUT2D eigenvalue weighted by atomic mass is 35.5. The minimum atomic E-state index is -4.24. The van der Waals surface area contributed by atoms with Crippen LogP contribution in [0.2, 0.25) is 20.1 Å². The lowest BCUT2D eigenvalue weighted by atomic mass is 10.1. The van der Waals surface area contributed by atoms with Crippen molar-refractivity contribution in [3.63, 3.8) is 0 Å². The van der Waals surface area contributed by atoms with Crippen LogP contribution in [0.4, 0.5) is 5.69 Å². The minimum absolute atomic E-state index is 0.0364. The summed E-state index contributed by atoms with van der Waals surface area (Å²) < 4.78 is 28.7. The molecule has 3 aromatic rings. The molecule has 7 nitrogen and oxygen atoms in total. The van der Waals surface area contributed by atoms with Gasteiger partial charge in [-0.2, -0.15) is 0 Å². The molecule has 0 unspecified atom stereocenters. The number of sulfonamides is 1. The monoisotopic (exact) mass is 655 g/mol. The van der Waals surface area contributed by atoms with Crippen molar-refractivity contribution in [2.75, 3.05) is 10.8 Å². The van der Waals surface area contributed by atoms with Gasteiger partial charge in [-0.25, -0.2) is 8.42 Å². The molecule has 0 heterocycles. The van der Waals surface area contributed by atoms with E-state index in [0.717, 1.165) is 30.0 Å². The quantitative estimate of drug-likeness (QED) is 0.255. The zero-order chi connectivity index (χ0) is 29.7. The Morgan fingerprint density at radius 3 is 2.17 bits per heavy atom. The predicted octanol–water partition coefficient (Wildman–Crippen LogP) is 6.97. The van der Waals surface area contributed by atoms with Crippen LogP contribution in [-0.4, -0.2) is 43.8 Å². The van der Waals surface area contributed by atoms with E-state index in [1.807, 2.05) is 0 Å². The number of nitrogens with one attached hydrogen (secondary N) is 1. The molecule has 1 saturated carbocycles. The number of nitrogens with zero attached hydrogens (tertiary/aromatic N) is 2. The Bertz CT molecular complexity index is 1510. The van der Waals surface area contributed by atoms with Gasteiger partial charge in [0.15, 0.2) is 0 Å². The first-order valence-electron chi connectivity index (χ1n) is 13.0. The fourth-order valence-corrected chi connectivity index (χ4v) is 6.89. The molecule has 0 saturated heterocycles. The van der Waals surface area contributed by atoms with Crippen LogP contribution in [0, 0.1) is 0 Å². The molecule has 0 bridgehead atoms. The van der Waals surface area contributed by atoms with Gasteiger partial charge in [0.05, 0.1) is 10.6 Å². The Morgan fingerprint density at radius 1 is 0.902 bits per heavy atom. The molecule has 4 rings (SSSR count). The zero-order valence-electron chi connectivity index (χ0n) is 22.2. The fraction of sp³-hybridized carbons (Fsp3) is 0.310. The lowest BCUT2D eigenvalue weighted by molar-refractivity contribution is -0.139. The Kier molecular flexibility index (Phi) is 10.5. The van der Waals surface area contributed by atoms with Crippen molar-refractivity contribution in [3.8, 4) is 0 Å². The maximum Gasteiger partial charge on any atom is 0.264 e. The molecular formula is C29H29Cl4N3O4S. The highest BCUT2D eigenvalue weighted by Crippen LogP contribution is 2.29. The van der Waals surface area contributed by atoms with Gasteiger partial charge in [-0.3, -0.25) is 13.9 Å². The van der Waals surface area contributed by atoms with E-state index in [9.17, 15) is 18.0 Å². The van der Waals surface area contributed by atoms with Crippen molar-refractivity contribution in [2.45, 2.75) is 56.1 Å². The number of hydrogen-bond acceptors (Lipinski definition) is 4. The van der Waals surface area contributed by atoms with Gasteiger partial charge in [0.1, 0.15) is 12.6 Å². The van der Waals surface area contributed by atoms with Gasteiger partial charge in [0, 0.05) is 32.7 Å². The second-order valence-corrected chi connectivity index (χ2v) is 13.4. The predicted molar refractivity (Wildman–Crippen MR) is 164 cm³/mol. The molecule has 3 aromatic carbocycles. The fourth-order valence-electron chi connectivity index (χ4n) is 4.70. The minimum Gasteiger partial charge on any atom is -0.352 e. The van der Waals surface area contributed by atoms with Crippen molar-refractivity contribution in [3.05, 3.63) is 92.4 Å². The van der Waals surface area contributed by atoms with E-state index >= 15 is 0 Å². The molecule has 0 radical (unpaired) electrons. The molecule has 1 fully saturated rings. The zero-order valence-corrected chi connectivity index (χ0v) is 26.0. The standard InChI is InChI=1S/C29H29Cl4N3O4S/c1-19(29(38)34-24-6-2-3-7-24)35(17-20-9-10-23(32)16-27(20)33)28(37)18-36(25-8-4-5-22(31)15-25)41(39,40)26-13-11-21(30)12-14-26/h4-5,8-16,19,24H,2-3,6-7,17-18H2,1H3,(H,34,38)/t19-/m1/s1. The third-order valence-corrected chi connectivity index (χ3v) is 9.86. The lowest BCUT2D eigenvalue weighted by Gasteiger charge is -2.32.